The molecule has 0 radical (unpaired) electrons. The third-order valence-corrected chi connectivity index (χ3v) is 4.82. The lowest BCUT2D eigenvalue weighted by molar-refractivity contribution is -0.144. The van der Waals surface area contributed by atoms with Crippen LogP contribution in [0.1, 0.15) is 26.7 Å². The molecule has 0 amide bonds. The molecule has 1 atom stereocenters. The maximum absolute atomic E-state index is 12.0. The average Bonchev–Trinajstić information content (AvgIpc) is 2.63. The molecule has 1 saturated heterocycles. The van der Waals surface area contributed by atoms with Crippen LogP contribution >= 0.6 is 0 Å². The second-order valence-electron chi connectivity index (χ2n) is 4.46. The van der Waals surface area contributed by atoms with Crippen LogP contribution in [0.15, 0.2) is 0 Å². The van der Waals surface area contributed by atoms with E-state index >= 15 is 0 Å². The zero-order valence-electron chi connectivity index (χ0n) is 9.97. The lowest BCUT2D eigenvalue weighted by Gasteiger charge is -2.22. The van der Waals surface area contributed by atoms with Gasteiger partial charge in [-0.1, -0.05) is 13.8 Å². The van der Waals surface area contributed by atoms with Crippen LogP contribution in [0.5, 0.6) is 0 Å². The smallest absolute Gasteiger partial charge is 0.324 e. The molecule has 1 fully saturated rings. The summed E-state index contributed by atoms with van der Waals surface area (Å²) in [5.74, 6) is -0.311. The van der Waals surface area contributed by atoms with Gasteiger partial charge in [-0.2, -0.15) is 4.31 Å². The van der Waals surface area contributed by atoms with Crippen LogP contribution in [0.2, 0.25) is 0 Å². The quantitative estimate of drug-likeness (QED) is 0.685. The average molecular weight is 249 g/mol. The first-order valence-corrected chi connectivity index (χ1v) is 7.06. The first kappa shape index (κ1) is 13.4. The molecule has 1 unspecified atom stereocenters. The molecule has 0 aliphatic carbocycles. The lowest BCUT2D eigenvalue weighted by atomic mass is 10.2. The van der Waals surface area contributed by atoms with Gasteiger partial charge in [0, 0.05) is 6.54 Å². The van der Waals surface area contributed by atoms with E-state index in [0.717, 1.165) is 6.42 Å². The molecule has 1 aliphatic heterocycles. The van der Waals surface area contributed by atoms with Gasteiger partial charge in [0.15, 0.2) is 0 Å². The fraction of sp³-hybridized carbons (Fsp3) is 0.900. The first-order valence-electron chi connectivity index (χ1n) is 5.46. The van der Waals surface area contributed by atoms with Crippen molar-refractivity contribution in [2.45, 2.75) is 32.7 Å². The van der Waals surface area contributed by atoms with Crippen LogP contribution in [0.3, 0.4) is 0 Å². The standard InChI is InChI=1S/C10H19NO4S/c1-8(2)7-16(13,14)11-6-4-5-9(11)10(12)15-3/h8-9H,4-7H2,1-3H3. The Hall–Kier alpha value is -0.620. The van der Waals surface area contributed by atoms with Crippen molar-refractivity contribution in [3.8, 4) is 0 Å². The number of hydrogen-bond acceptors (Lipinski definition) is 4. The summed E-state index contributed by atoms with van der Waals surface area (Å²) in [6.45, 7) is 4.12. The highest BCUT2D eigenvalue weighted by Gasteiger charge is 2.39. The van der Waals surface area contributed by atoms with Gasteiger partial charge in [-0.05, 0) is 18.8 Å². The van der Waals surface area contributed by atoms with Crippen LogP contribution in [-0.2, 0) is 19.6 Å². The van der Waals surface area contributed by atoms with Crippen molar-refractivity contribution in [3.05, 3.63) is 0 Å². The van der Waals surface area contributed by atoms with Gasteiger partial charge in [0.1, 0.15) is 6.04 Å². The highest BCUT2D eigenvalue weighted by atomic mass is 32.2. The second kappa shape index (κ2) is 5.14. The molecule has 1 aliphatic rings. The minimum atomic E-state index is -3.33. The molecule has 16 heavy (non-hydrogen) atoms. The van der Waals surface area contributed by atoms with E-state index in [0.29, 0.717) is 13.0 Å². The molecular formula is C10H19NO4S. The van der Waals surface area contributed by atoms with Crippen molar-refractivity contribution < 1.29 is 17.9 Å². The molecule has 6 heteroatoms. The Kier molecular flexibility index (Phi) is 4.32. The number of carbonyl (C=O) groups excluding carboxylic acids is 1. The highest BCUT2D eigenvalue weighted by Crippen LogP contribution is 2.23. The van der Waals surface area contributed by atoms with Crippen molar-refractivity contribution >= 4 is 16.0 Å². The third-order valence-electron chi connectivity index (χ3n) is 2.58. The van der Waals surface area contributed by atoms with E-state index in [1.807, 2.05) is 13.8 Å². The van der Waals surface area contributed by atoms with Crippen molar-refractivity contribution in [1.29, 1.82) is 0 Å². The van der Waals surface area contributed by atoms with Crippen molar-refractivity contribution in [2.24, 2.45) is 5.92 Å². The van der Waals surface area contributed by atoms with Crippen molar-refractivity contribution in [3.63, 3.8) is 0 Å². The van der Waals surface area contributed by atoms with E-state index in [4.69, 9.17) is 0 Å². The molecule has 0 N–H and O–H groups in total. The summed E-state index contributed by atoms with van der Waals surface area (Å²) >= 11 is 0. The Morgan fingerprint density at radius 2 is 2.12 bits per heavy atom. The zero-order chi connectivity index (χ0) is 12.3. The lowest BCUT2D eigenvalue weighted by Crippen LogP contribution is -2.42. The number of nitrogens with zero attached hydrogens (tertiary/aromatic N) is 1. The van der Waals surface area contributed by atoms with Gasteiger partial charge in [-0.15, -0.1) is 0 Å². The minimum Gasteiger partial charge on any atom is -0.468 e. The second-order valence-corrected chi connectivity index (χ2v) is 6.43. The van der Waals surface area contributed by atoms with Gasteiger partial charge in [0.2, 0.25) is 10.0 Å². The fourth-order valence-electron chi connectivity index (χ4n) is 1.96. The van der Waals surface area contributed by atoms with Crippen LogP contribution in [-0.4, -0.2) is 44.1 Å². The van der Waals surface area contributed by atoms with E-state index < -0.39 is 22.0 Å². The van der Waals surface area contributed by atoms with Crippen molar-refractivity contribution in [2.75, 3.05) is 19.4 Å². The zero-order valence-corrected chi connectivity index (χ0v) is 10.8. The molecule has 5 nitrogen and oxygen atoms in total. The largest absolute Gasteiger partial charge is 0.468 e. The Morgan fingerprint density at radius 1 is 1.50 bits per heavy atom. The molecule has 0 aromatic heterocycles. The van der Waals surface area contributed by atoms with E-state index in [-0.39, 0.29) is 11.7 Å². The molecule has 94 valence electrons. The summed E-state index contributed by atoms with van der Waals surface area (Å²) < 4.78 is 29.9. The molecular weight excluding hydrogens is 230 g/mol. The van der Waals surface area contributed by atoms with Crippen LogP contribution in [0.25, 0.3) is 0 Å². The molecule has 0 aromatic carbocycles. The van der Waals surface area contributed by atoms with Crippen LogP contribution in [0.4, 0.5) is 0 Å². The number of esters is 1. The molecule has 1 heterocycles. The molecule has 0 saturated carbocycles. The minimum absolute atomic E-state index is 0.0592. The third kappa shape index (κ3) is 2.95. The molecule has 0 spiro atoms. The Bertz CT molecular complexity index is 350. The maximum Gasteiger partial charge on any atom is 0.324 e. The Balaban J connectivity index is 2.82. The van der Waals surface area contributed by atoms with Gasteiger partial charge >= 0.3 is 5.97 Å². The summed E-state index contributed by atoms with van der Waals surface area (Å²) in [5.41, 5.74) is 0. The number of carbonyl (C=O) groups is 1. The molecule has 1 rings (SSSR count). The number of methoxy groups -OCH3 is 1. The number of rotatable bonds is 4. The Labute approximate surface area is 96.8 Å². The van der Waals surface area contributed by atoms with Crippen LogP contribution in [0, 0.1) is 5.92 Å². The summed E-state index contributed by atoms with van der Waals surface area (Å²) in [6, 6.07) is -0.617. The number of hydrogen-bond donors (Lipinski definition) is 0. The summed E-state index contributed by atoms with van der Waals surface area (Å²) in [5, 5.41) is 0. The number of sulfonamides is 1. The monoisotopic (exact) mass is 249 g/mol. The predicted octanol–water partition coefficient (Wildman–Crippen LogP) is 0.610. The maximum atomic E-state index is 12.0. The topological polar surface area (TPSA) is 63.7 Å². The van der Waals surface area contributed by atoms with Gasteiger partial charge in [-0.3, -0.25) is 4.79 Å². The van der Waals surface area contributed by atoms with E-state index in [2.05, 4.69) is 4.74 Å². The summed E-state index contributed by atoms with van der Waals surface area (Å²) in [7, 11) is -2.05. The SMILES string of the molecule is COC(=O)C1CCCN1S(=O)(=O)CC(C)C. The predicted molar refractivity (Wildman–Crippen MR) is 60.4 cm³/mol. The first-order chi connectivity index (χ1) is 7.38. The summed E-state index contributed by atoms with van der Waals surface area (Å²) in [6.07, 6.45) is 1.28. The summed E-state index contributed by atoms with van der Waals surface area (Å²) in [4.78, 5) is 11.4. The van der Waals surface area contributed by atoms with Gasteiger partial charge in [0.25, 0.3) is 0 Å². The van der Waals surface area contributed by atoms with Crippen LogP contribution < -0.4 is 0 Å². The van der Waals surface area contributed by atoms with E-state index in [1.54, 1.807) is 0 Å². The van der Waals surface area contributed by atoms with E-state index in [1.165, 1.54) is 11.4 Å². The molecule has 0 bridgehead atoms. The van der Waals surface area contributed by atoms with Gasteiger partial charge < -0.3 is 4.74 Å². The fourth-order valence-corrected chi connectivity index (χ4v) is 3.98. The van der Waals surface area contributed by atoms with Gasteiger partial charge in [-0.25, -0.2) is 8.42 Å². The number of ether oxygens (including phenoxy) is 1. The highest BCUT2D eigenvalue weighted by molar-refractivity contribution is 7.89. The molecule has 0 aromatic rings. The normalized spacial score (nSPS) is 22.6. The Morgan fingerprint density at radius 3 is 2.62 bits per heavy atom. The van der Waals surface area contributed by atoms with Gasteiger partial charge in [0.05, 0.1) is 12.9 Å². The van der Waals surface area contributed by atoms with E-state index in [9.17, 15) is 13.2 Å². The van der Waals surface area contributed by atoms with Crippen molar-refractivity contribution in [1.82, 2.24) is 4.31 Å².